The van der Waals surface area contributed by atoms with Crippen molar-refractivity contribution in [3.8, 4) is 5.75 Å². The third-order valence-corrected chi connectivity index (χ3v) is 8.08. The van der Waals surface area contributed by atoms with Gasteiger partial charge in [-0.15, -0.1) is 0 Å². The average molecular weight is 542 g/mol. The van der Waals surface area contributed by atoms with Crippen molar-refractivity contribution in [3.05, 3.63) is 94.0 Å². The van der Waals surface area contributed by atoms with Crippen LogP contribution in [-0.4, -0.2) is 60.5 Å². The number of anilines is 2. The van der Waals surface area contributed by atoms with Gasteiger partial charge in [0.25, 0.3) is 11.6 Å². The number of nitro groups is 1. The summed E-state index contributed by atoms with van der Waals surface area (Å²) < 4.78 is 5.21. The van der Waals surface area contributed by atoms with Crippen LogP contribution in [-0.2, 0) is 22.6 Å². The smallest absolute Gasteiger partial charge is 0.335 e. The van der Waals surface area contributed by atoms with Gasteiger partial charge in [0.15, 0.2) is 5.41 Å². The molecular formula is C29H27N5O6. The van der Waals surface area contributed by atoms with Gasteiger partial charge in [-0.1, -0.05) is 30.3 Å². The van der Waals surface area contributed by atoms with Gasteiger partial charge in [-0.3, -0.25) is 29.9 Å². The highest BCUT2D eigenvalue weighted by atomic mass is 16.6. The molecule has 204 valence electrons. The van der Waals surface area contributed by atoms with Gasteiger partial charge in [-0.2, -0.15) is 0 Å². The third kappa shape index (κ3) is 4.06. The molecule has 40 heavy (non-hydrogen) atoms. The molecule has 3 aliphatic rings. The predicted octanol–water partition coefficient (Wildman–Crippen LogP) is 3.12. The molecule has 0 aliphatic carbocycles. The molecule has 0 saturated carbocycles. The fraction of sp³-hybridized carbons (Fsp3) is 0.276. The van der Waals surface area contributed by atoms with Crippen molar-refractivity contribution in [2.75, 3.05) is 36.5 Å². The number of fused-ring (bicyclic) bond motifs is 4. The van der Waals surface area contributed by atoms with Crippen molar-refractivity contribution in [1.29, 1.82) is 0 Å². The van der Waals surface area contributed by atoms with Gasteiger partial charge in [0.1, 0.15) is 5.75 Å². The van der Waals surface area contributed by atoms with E-state index in [1.165, 1.54) is 19.2 Å². The molecule has 3 aromatic rings. The molecule has 6 rings (SSSR count). The number of hydrogen-bond acceptors (Lipinski definition) is 8. The zero-order valence-corrected chi connectivity index (χ0v) is 21.8. The summed E-state index contributed by atoms with van der Waals surface area (Å²) >= 11 is 0. The van der Waals surface area contributed by atoms with Crippen LogP contribution in [0.5, 0.6) is 5.75 Å². The average Bonchev–Trinajstić information content (AvgIpc) is 2.96. The highest BCUT2D eigenvalue weighted by molar-refractivity contribution is 6.30. The van der Waals surface area contributed by atoms with Crippen LogP contribution < -0.4 is 19.9 Å². The Labute approximate surface area is 230 Å². The molecule has 2 atom stereocenters. The Morgan fingerprint density at radius 3 is 2.48 bits per heavy atom. The number of nitrogens with zero attached hydrogens (tertiary/aromatic N) is 4. The van der Waals surface area contributed by atoms with Crippen molar-refractivity contribution < 1.29 is 24.0 Å². The lowest BCUT2D eigenvalue weighted by atomic mass is 9.67. The van der Waals surface area contributed by atoms with Gasteiger partial charge in [0.2, 0.25) is 5.91 Å². The number of non-ortho nitro benzene ring substituents is 1. The maximum absolute atomic E-state index is 14.5. The normalized spacial score (nSPS) is 22.5. The zero-order chi connectivity index (χ0) is 28.0. The number of piperazine rings is 1. The molecule has 0 unspecified atom stereocenters. The summed E-state index contributed by atoms with van der Waals surface area (Å²) in [6, 6.07) is 19.5. The molecule has 0 aromatic heterocycles. The van der Waals surface area contributed by atoms with E-state index in [-0.39, 0.29) is 12.1 Å². The molecule has 1 spiro atoms. The van der Waals surface area contributed by atoms with Crippen LogP contribution >= 0.6 is 0 Å². The van der Waals surface area contributed by atoms with Crippen LogP contribution in [0.15, 0.2) is 72.8 Å². The maximum Gasteiger partial charge on any atom is 0.335 e. The lowest BCUT2D eigenvalue weighted by molar-refractivity contribution is -0.384. The summed E-state index contributed by atoms with van der Waals surface area (Å²) in [5, 5.41) is 14.0. The number of carbonyl (C=O) groups is 3. The second kappa shape index (κ2) is 9.76. The molecule has 0 bridgehead atoms. The number of rotatable bonds is 5. The van der Waals surface area contributed by atoms with Crippen LogP contribution in [0.4, 0.5) is 21.9 Å². The Kier molecular flexibility index (Phi) is 6.22. The van der Waals surface area contributed by atoms with Crippen LogP contribution in [0, 0.1) is 15.5 Å². The van der Waals surface area contributed by atoms with Gasteiger partial charge >= 0.3 is 6.03 Å². The quantitative estimate of drug-likeness (QED) is 0.297. The second-order valence-electron chi connectivity index (χ2n) is 10.2. The number of methoxy groups -OCH3 is 1. The summed E-state index contributed by atoms with van der Waals surface area (Å²) in [4.78, 5) is 57.7. The molecule has 0 radical (unpaired) electrons. The lowest BCUT2D eigenvalue weighted by Crippen LogP contribution is -2.75. The number of amides is 4. The summed E-state index contributed by atoms with van der Waals surface area (Å²) in [5.74, 6) is -0.797. The zero-order valence-electron chi connectivity index (χ0n) is 21.8. The van der Waals surface area contributed by atoms with Crippen LogP contribution in [0.25, 0.3) is 0 Å². The number of urea groups is 1. The number of ether oxygens (including phenoxy) is 1. The first-order chi connectivity index (χ1) is 19.3. The van der Waals surface area contributed by atoms with E-state index in [9.17, 15) is 24.5 Å². The first-order valence-corrected chi connectivity index (χ1v) is 13.0. The molecular weight excluding hydrogens is 514 g/mol. The van der Waals surface area contributed by atoms with E-state index in [1.54, 1.807) is 30.3 Å². The first kappa shape index (κ1) is 25.5. The fourth-order valence-corrected chi connectivity index (χ4v) is 6.13. The monoisotopic (exact) mass is 541 g/mol. The van der Waals surface area contributed by atoms with Gasteiger partial charge in [0, 0.05) is 50.4 Å². The highest BCUT2D eigenvalue weighted by Gasteiger charge is 2.63. The van der Waals surface area contributed by atoms with E-state index in [0.29, 0.717) is 43.2 Å². The van der Waals surface area contributed by atoms with Crippen molar-refractivity contribution in [3.63, 3.8) is 0 Å². The first-order valence-electron chi connectivity index (χ1n) is 13.0. The number of benzene rings is 3. The summed E-state index contributed by atoms with van der Waals surface area (Å²) in [6.45, 7) is 2.18. The number of imide groups is 2. The number of nitro benzene ring substituents is 1. The van der Waals surface area contributed by atoms with E-state index in [4.69, 9.17) is 4.74 Å². The minimum absolute atomic E-state index is 0.0744. The minimum Gasteiger partial charge on any atom is -0.497 e. The van der Waals surface area contributed by atoms with E-state index in [2.05, 4.69) is 10.2 Å². The summed E-state index contributed by atoms with van der Waals surface area (Å²) in [6.07, 6.45) is -0.0744. The summed E-state index contributed by atoms with van der Waals surface area (Å²) in [5.41, 5.74) is 0.867. The molecule has 4 amide bonds. The largest absolute Gasteiger partial charge is 0.497 e. The van der Waals surface area contributed by atoms with Crippen LogP contribution in [0.3, 0.4) is 0 Å². The van der Waals surface area contributed by atoms with Gasteiger partial charge in [0.05, 0.1) is 23.8 Å². The minimum atomic E-state index is -1.69. The second-order valence-corrected chi connectivity index (χ2v) is 10.2. The van der Waals surface area contributed by atoms with Gasteiger partial charge < -0.3 is 9.64 Å². The van der Waals surface area contributed by atoms with Crippen molar-refractivity contribution >= 4 is 34.9 Å². The Morgan fingerprint density at radius 2 is 1.77 bits per heavy atom. The van der Waals surface area contributed by atoms with Crippen molar-refractivity contribution in [2.24, 2.45) is 5.41 Å². The molecule has 11 nitrogen and oxygen atoms in total. The molecule has 3 aliphatic heterocycles. The lowest BCUT2D eigenvalue weighted by Gasteiger charge is -2.55. The highest BCUT2D eigenvalue weighted by Crippen LogP contribution is 2.47. The molecule has 11 heteroatoms. The Hall–Kier alpha value is -4.77. The predicted molar refractivity (Wildman–Crippen MR) is 146 cm³/mol. The van der Waals surface area contributed by atoms with Gasteiger partial charge in [-0.25, -0.2) is 9.69 Å². The topological polar surface area (TPSA) is 125 Å². The van der Waals surface area contributed by atoms with E-state index >= 15 is 0 Å². The Bertz CT molecular complexity index is 1510. The standard InChI is InChI=1S/C29H27N5O6/c1-40-23-10-7-21(8-11-23)33-27(36)29(26(35)30-28(33)37)16-20-15-22(34(38)39)9-12-24(20)32-14-13-31(18-25(29)32)17-19-5-3-2-4-6-19/h2-12,15,25H,13-14,16-18H2,1H3,(H,30,35,37)/t25-,29+/m1/s1. The maximum atomic E-state index is 14.5. The Balaban J connectivity index is 1.45. The van der Waals surface area contributed by atoms with Crippen molar-refractivity contribution in [1.82, 2.24) is 10.2 Å². The number of nitrogens with one attached hydrogen (secondary N) is 1. The third-order valence-electron chi connectivity index (χ3n) is 8.08. The van der Waals surface area contributed by atoms with Gasteiger partial charge in [-0.05, 0) is 41.5 Å². The number of carbonyl (C=O) groups excluding carboxylic acids is 3. The molecule has 3 aromatic carbocycles. The Morgan fingerprint density at radius 1 is 1.02 bits per heavy atom. The van der Waals surface area contributed by atoms with E-state index in [1.807, 2.05) is 35.2 Å². The van der Waals surface area contributed by atoms with Crippen LogP contribution in [0.2, 0.25) is 0 Å². The summed E-state index contributed by atoms with van der Waals surface area (Å²) in [7, 11) is 1.51. The van der Waals surface area contributed by atoms with Crippen molar-refractivity contribution in [2.45, 2.75) is 19.0 Å². The number of hydrogen-bond donors (Lipinski definition) is 1. The SMILES string of the molecule is COc1ccc(N2C(=O)NC(=O)[C@@]3(Cc4cc([N+](=O)[O-])ccc4N4CCN(Cc5ccccc5)C[C@@H]43)C2=O)cc1. The number of barbiturate groups is 1. The van der Waals surface area contributed by atoms with E-state index in [0.717, 1.165) is 16.2 Å². The molecule has 2 fully saturated rings. The van der Waals surface area contributed by atoms with E-state index < -0.39 is 34.2 Å². The van der Waals surface area contributed by atoms with Crippen LogP contribution in [0.1, 0.15) is 11.1 Å². The molecule has 3 heterocycles. The molecule has 2 saturated heterocycles. The fourth-order valence-electron chi connectivity index (χ4n) is 6.13. The molecule has 1 N–H and O–H groups in total.